The zero-order chi connectivity index (χ0) is 14.0. The molecule has 1 fully saturated rings. The number of carbonyl (C=O) groups excluding carboxylic acids is 1. The van der Waals surface area contributed by atoms with E-state index >= 15 is 0 Å². The molecule has 1 amide bonds. The van der Waals surface area contributed by atoms with Crippen LogP contribution in [-0.4, -0.2) is 29.9 Å². The molecule has 0 bridgehead atoms. The van der Waals surface area contributed by atoms with Crippen LogP contribution in [-0.2, 0) is 0 Å². The summed E-state index contributed by atoms with van der Waals surface area (Å²) < 4.78 is 27.0. The second-order valence-corrected chi connectivity index (χ2v) is 4.97. The summed E-state index contributed by atoms with van der Waals surface area (Å²) in [5, 5.41) is 0. The summed E-state index contributed by atoms with van der Waals surface area (Å²) in [5.74, 6) is -1.84. The minimum Gasteiger partial charge on any atom is -0.334 e. The molecule has 2 rings (SSSR count). The van der Waals surface area contributed by atoms with Crippen LogP contribution in [0.25, 0.3) is 0 Å². The predicted octanol–water partition coefficient (Wildman–Crippen LogP) is 2.23. The normalized spacial score (nSPS) is 19.6. The Morgan fingerprint density at radius 2 is 2.11 bits per heavy atom. The van der Waals surface area contributed by atoms with Crippen molar-refractivity contribution in [3.8, 4) is 0 Å². The highest BCUT2D eigenvalue weighted by Crippen LogP contribution is 2.22. The standard InChI is InChI=1S/C14H18F2N2O/c1-9-6-11(13(16)7-12(9)15)14(19)18-5-3-2-4-10(18)8-17/h6-7,10H,2-5,8,17H2,1H3. The summed E-state index contributed by atoms with van der Waals surface area (Å²) in [5.41, 5.74) is 5.85. The first kappa shape index (κ1) is 13.9. The molecule has 0 spiro atoms. The van der Waals surface area contributed by atoms with Gasteiger partial charge in [0.25, 0.3) is 5.91 Å². The van der Waals surface area contributed by atoms with Crippen molar-refractivity contribution in [3.63, 3.8) is 0 Å². The van der Waals surface area contributed by atoms with E-state index in [1.54, 1.807) is 4.90 Å². The van der Waals surface area contributed by atoms with Crippen molar-refractivity contribution in [2.45, 2.75) is 32.2 Å². The quantitative estimate of drug-likeness (QED) is 0.894. The van der Waals surface area contributed by atoms with Crippen molar-refractivity contribution in [3.05, 3.63) is 34.9 Å². The van der Waals surface area contributed by atoms with Crippen molar-refractivity contribution >= 4 is 5.91 Å². The predicted molar refractivity (Wildman–Crippen MR) is 68.8 cm³/mol. The molecule has 1 aliphatic rings. The third-order valence-electron chi connectivity index (χ3n) is 3.64. The average molecular weight is 268 g/mol. The third-order valence-corrected chi connectivity index (χ3v) is 3.64. The Hall–Kier alpha value is -1.49. The molecule has 1 saturated heterocycles. The lowest BCUT2D eigenvalue weighted by atomic mass is 10.00. The van der Waals surface area contributed by atoms with Crippen LogP contribution in [0.5, 0.6) is 0 Å². The topological polar surface area (TPSA) is 46.3 Å². The molecule has 104 valence electrons. The Balaban J connectivity index is 2.30. The fraction of sp³-hybridized carbons (Fsp3) is 0.500. The Kier molecular flexibility index (Phi) is 4.14. The molecule has 0 aromatic heterocycles. The highest BCUT2D eigenvalue weighted by Gasteiger charge is 2.28. The monoisotopic (exact) mass is 268 g/mol. The van der Waals surface area contributed by atoms with Crippen molar-refractivity contribution in [2.24, 2.45) is 5.73 Å². The number of halogens is 2. The van der Waals surface area contributed by atoms with Gasteiger partial charge in [-0.1, -0.05) is 0 Å². The molecule has 1 aliphatic heterocycles. The van der Waals surface area contributed by atoms with Crippen LogP contribution in [0.1, 0.15) is 35.2 Å². The molecule has 1 heterocycles. The molecular formula is C14H18F2N2O. The summed E-state index contributed by atoms with van der Waals surface area (Å²) >= 11 is 0. The second-order valence-electron chi connectivity index (χ2n) is 4.97. The number of hydrogen-bond donors (Lipinski definition) is 1. The van der Waals surface area contributed by atoms with Gasteiger partial charge < -0.3 is 10.6 Å². The lowest BCUT2D eigenvalue weighted by Crippen LogP contribution is -2.47. The fourth-order valence-corrected chi connectivity index (χ4v) is 2.49. The van der Waals surface area contributed by atoms with Gasteiger partial charge in [-0.25, -0.2) is 8.78 Å². The fourth-order valence-electron chi connectivity index (χ4n) is 2.49. The smallest absolute Gasteiger partial charge is 0.257 e. The second kappa shape index (κ2) is 5.65. The zero-order valence-corrected chi connectivity index (χ0v) is 11.0. The first-order chi connectivity index (χ1) is 9.04. The van der Waals surface area contributed by atoms with Gasteiger partial charge in [0.15, 0.2) is 0 Å². The number of aryl methyl sites for hydroxylation is 1. The zero-order valence-electron chi connectivity index (χ0n) is 11.0. The van der Waals surface area contributed by atoms with E-state index in [-0.39, 0.29) is 17.2 Å². The maximum absolute atomic E-state index is 13.7. The minimum atomic E-state index is -0.811. The van der Waals surface area contributed by atoms with E-state index in [0.29, 0.717) is 13.1 Å². The minimum absolute atomic E-state index is 0.0500. The van der Waals surface area contributed by atoms with Gasteiger partial charge in [-0.3, -0.25) is 4.79 Å². The molecule has 0 radical (unpaired) electrons. The highest BCUT2D eigenvalue weighted by atomic mass is 19.1. The number of carbonyl (C=O) groups is 1. The van der Waals surface area contributed by atoms with Gasteiger partial charge in [0.05, 0.1) is 5.56 Å². The van der Waals surface area contributed by atoms with Crippen LogP contribution >= 0.6 is 0 Å². The molecule has 19 heavy (non-hydrogen) atoms. The molecule has 1 aromatic rings. The van der Waals surface area contributed by atoms with Crippen LogP contribution in [0.4, 0.5) is 8.78 Å². The van der Waals surface area contributed by atoms with Gasteiger partial charge in [0.1, 0.15) is 11.6 Å². The average Bonchev–Trinajstić information content (AvgIpc) is 2.42. The molecular weight excluding hydrogens is 250 g/mol. The first-order valence-electron chi connectivity index (χ1n) is 6.51. The van der Waals surface area contributed by atoms with Crippen LogP contribution in [0.15, 0.2) is 12.1 Å². The van der Waals surface area contributed by atoms with Gasteiger partial charge >= 0.3 is 0 Å². The molecule has 1 unspecified atom stereocenters. The Labute approximate surface area is 111 Å². The largest absolute Gasteiger partial charge is 0.334 e. The van der Waals surface area contributed by atoms with Gasteiger partial charge in [-0.2, -0.15) is 0 Å². The van der Waals surface area contributed by atoms with E-state index in [4.69, 9.17) is 5.73 Å². The summed E-state index contributed by atoms with van der Waals surface area (Å²) in [4.78, 5) is 14.0. The molecule has 0 saturated carbocycles. The van der Waals surface area contributed by atoms with Crippen LogP contribution < -0.4 is 5.73 Å². The molecule has 0 aliphatic carbocycles. The number of benzene rings is 1. The van der Waals surface area contributed by atoms with Crippen molar-refractivity contribution < 1.29 is 13.6 Å². The Morgan fingerprint density at radius 1 is 1.37 bits per heavy atom. The molecule has 1 atom stereocenters. The SMILES string of the molecule is Cc1cc(C(=O)N2CCCCC2CN)c(F)cc1F. The van der Waals surface area contributed by atoms with Crippen LogP contribution in [0.3, 0.4) is 0 Å². The lowest BCUT2D eigenvalue weighted by molar-refractivity contribution is 0.0618. The van der Waals surface area contributed by atoms with Gasteiger partial charge in [0.2, 0.25) is 0 Å². The van der Waals surface area contributed by atoms with Gasteiger partial charge in [0, 0.05) is 25.2 Å². The van der Waals surface area contributed by atoms with E-state index in [1.165, 1.54) is 13.0 Å². The van der Waals surface area contributed by atoms with Gasteiger partial charge in [-0.15, -0.1) is 0 Å². The van der Waals surface area contributed by atoms with Crippen molar-refractivity contribution in [1.82, 2.24) is 4.90 Å². The maximum atomic E-state index is 13.7. The van der Waals surface area contributed by atoms with E-state index < -0.39 is 17.5 Å². The van der Waals surface area contributed by atoms with Crippen LogP contribution in [0.2, 0.25) is 0 Å². The number of rotatable bonds is 2. The Bertz CT molecular complexity index is 491. The van der Waals surface area contributed by atoms with Crippen LogP contribution in [0, 0.1) is 18.6 Å². The summed E-state index contributed by atoms with van der Waals surface area (Å²) in [6, 6.07) is 1.99. The summed E-state index contributed by atoms with van der Waals surface area (Å²) in [6.07, 6.45) is 2.75. The van der Waals surface area contributed by atoms with Crippen molar-refractivity contribution in [1.29, 1.82) is 0 Å². The lowest BCUT2D eigenvalue weighted by Gasteiger charge is -2.35. The molecule has 3 nitrogen and oxygen atoms in total. The first-order valence-corrected chi connectivity index (χ1v) is 6.51. The van der Waals surface area contributed by atoms with E-state index in [0.717, 1.165) is 25.3 Å². The number of hydrogen-bond acceptors (Lipinski definition) is 2. The van der Waals surface area contributed by atoms with Crippen molar-refractivity contribution in [2.75, 3.05) is 13.1 Å². The van der Waals surface area contributed by atoms with Gasteiger partial charge in [-0.05, 0) is 37.8 Å². The van der Waals surface area contributed by atoms with E-state index in [1.807, 2.05) is 0 Å². The van der Waals surface area contributed by atoms with E-state index in [2.05, 4.69) is 0 Å². The maximum Gasteiger partial charge on any atom is 0.257 e. The highest BCUT2D eigenvalue weighted by molar-refractivity contribution is 5.95. The summed E-state index contributed by atoms with van der Waals surface area (Å²) in [6.45, 7) is 2.46. The number of piperidine rings is 1. The molecule has 5 heteroatoms. The summed E-state index contributed by atoms with van der Waals surface area (Å²) in [7, 11) is 0. The number of nitrogens with two attached hydrogens (primary N) is 1. The van der Waals surface area contributed by atoms with E-state index in [9.17, 15) is 13.6 Å². The Morgan fingerprint density at radius 3 is 2.79 bits per heavy atom. The third kappa shape index (κ3) is 2.76. The number of nitrogens with zero attached hydrogens (tertiary/aromatic N) is 1. The molecule has 2 N–H and O–H groups in total. The number of amides is 1. The molecule has 1 aromatic carbocycles. The number of likely N-dealkylation sites (tertiary alicyclic amines) is 1.